The van der Waals surface area contributed by atoms with Crippen molar-refractivity contribution in [1.82, 2.24) is 9.88 Å². The zero-order chi connectivity index (χ0) is 18.8. The number of pyridine rings is 1. The molecular formula is C21H21F3N2O. The third-order valence-corrected chi connectivity index (χ3v) is 5.21. The maximum atomic E-state index is 14.3. The van der Waals surface area contributed by atoms with Crippen LogP contribution in [0.1, 0.15) is 12.8 Å². The molecule has 27 heavy (non-hydrogen) atoms. The van der Waals surface area contributed by atoms with Crippen LogP contribution < -0.4 is 4.74 Å². The summed E-state index contributed by atoms with van der Waals surface area (Å²) in [6, 6.07) is 12.6. The van der Waals surface area contributed by atoms with Gasteiger partial charge in [0.2, 0.25) is 5.88 Å². The Balaban J connectivity index is 1.53. The van der Waals surface area contributed by atoms with E-state index in [9.17, 15) is 13.2 Å². The smallest absolute Gasteiger partial charge is 0.251 e. The van der Waals surface area contributed by atoms with Crippen molar-refractivity contribution < 1.29 is 17.9 Å². The Morgan fingerprint density at radius 1 is 1.00 bits per heavy atom. The van der Waals surface area contributed by atoms with E-state index in [2.05, 4.69) is 4.98 Å². The van der Waals surface area contributed by atoms with Crippen LogP contribution in [0.2, 0.25) is 0 Å². The standard InChI is InChI=1S/C21H21F3N2O/c22-18-7-3-6-16-15-4-1-2-5-17(15)21(25-20(16)18)27-13-14-8-10-26(11-9-14)12-19(23)24/h1-7,14,19H,8-13H2. The van der Waals surface area contributed by atoms with Gasteiger partial charge in [-0.1, -0.05) is 30.3 Å². The number of likely N-dealkylation sites (tertiary alicyclic amines) is 1. The number of rotatable bonds is 5. The predicted octanol–water partition coefficient (Wildman–Crippen LogP) is 4.88. The minimum Gasteiger partial charge on any atom is -0.477 e. The first-order valence-corrected chi connectivity index (χ1v) is 9.22. The fraction of sp³-hybridized carbons (Fsp3) is 0.381. The van der Waals surface area contributed by atoms with Crippen molar-refractivity contribution in [2.45, 2.75) is 19.3 Å². The molecule has 0 bridgehead atoms. The highest BCUT2D eigenvalue weighted by molar-refractivity contribution is 6.07. The number of para-hydroxylation sites is 1. The highest BCUT2D eigenvalue weighted by atomic mass is 19.3. The van der Waals surface area contributed by atoms with Crippen LogP contribution in [0, 0.1) is 11.7 Å². The molecule has 1 aliphatic heterocycles. The Bertz CT molecular complexity index is 939. The Morgan fingerprint density at radius 2 is 1.70 bits per heavy atom. The van der Waals surface area contributed by atoms with E-state index < -0.39 is 6.43 Å². The van der Waals surface area contributed by atoms with Gasteiger partial charge in [-0.2, -0.15) is 0 Å². The topological polar surface area (TPSA) is 25.4 Å². The molecule has 0 amide bonds. The summed E-state index contributed by atoms with van der Waals surface area (Å²) >= 11 is 0. The molecule has 2 aromatic carbocycles. The average molecular weight is 374 g/mol. The van der Waals surface area contributed by atoms with Crippen molar-refractivity contribution in [3.05, 3.63) is 48.3 Å². The molecule has 4 rings (SSSR count). The summed E-state index contributed by atoms with van der Waals surface area (Å²) in [7, 11) is 0. The Labute approximate surface area is 155 Å². The van der Waals surface area contributed by atoms with E-state index in [1.165, 1.54) is 6.07 Å². The molecule has 3 aromatic rings. The second kappa shape index (κ2) is 7.72. The van der Waals surface area contributed by atoms with Crippen molar-refractivity contribution in [2.75, 3.05) is 26.2 Å². The maximum Gasteiger partial charge on any atom is 0.251 e. The lowest BCUT2D eigenvalue weighted by atomic mass is 9.98. The van der Waals surface area contributed by atoms with Crippen molar-refractivity contribution in [1.29, 1.82) is 0 Å². The van der Waals surface area contributed by atoms with E-state index in [1.54, 1.807) is 11.0 Å². The van der Waals surface area contributed by atoms with Crippen LogP contribution in [0.4, 0.5) is 13.2 Å². The molecule has 0 unspecified atom stereocenters. The number of benzene rings is 2. The zero-order valence-electron chi connectivity index (χ0n) is 14.9. The fourth-order valence-corrected chi connectivity index (χ4v) is 3.75. The molecule has 0 atom stereocenters. The van der Waals surface area contributed by atoms with E-state index in [4.69, 9.17) is 4.74 Å². The molecule has 0 saturated carbocycles. The first-order valence-electron chi connectivity index (χ1n) is 9.22. The molecule has 3 nitrogen and oxygen atoms in total. The van der Waals surface area contributed by atoms with Crippen molar-refractivity contribution in [2.24, 2.45) is 5.92 Å². The predicted molar refractivity (Wildman–Crippen MR) is 99.9 cm³/mol. The number of piperidine rings is 1. The van der Waals surface area contributed by atoms with Gasteiger partial charge in [0, 0.05) is 10.8 Å². The summed E-state index contributed by atoms with van der Waals surface area (Å²) in [5.41, 5.74) is 0.304. The second-order valence-electron chi connectivity index (χ2n) is 7.04. The van der Waals surface area contributed by atoms with E-state index in [0.29, 0.717) is 31.1 Å². The van der Waals surface area contributed by atoms with Crippen LogP contribution in [0.15, 0.2) is 42.5 Å². The minimum atomic E-state index is -2.29. The number of halogens is 3. The van der Waals surface area contributed by atoms with E-state index in [0.717, 1.165) is 29.0 Å². The molecule has 1 fully saturated rings. The average Bonchev–Trinajstić information content (AvgIpc) is 2.67. The van der Waals surface area contributed by atoms with Crippen LogP contribution in [-0.4, -0.2) is 42.6 Å². The van der Waals surface area contributed by atoms with E-state index in [1.807, 2.05) is 30.3 Å². The van der Waals surface area contributed by atoms with Crippen LogP contribution in [0.25, 0.3) is 21.7 Å². The summed E-state index contributed by atoms with van der Waals surface area (Å²) in [5, 5.41) is 2.52. The summed E-state index contributed by atoms with van der Waals surface area (Å²) in [6.07, 6.45) is -0.667. The molecule has 2 heterocycles. The second-order valence-corrected chi connectivity index (χ2v) is 7.04. The SMILES string of the molecule is Fc1cccc2c1nc(OCC1CCN(CC(F)F)CC1)c1ccccc12. The first kappa shape index (κ1) is 18.0. The quantitative estimate of drug-likeness (QED) is 0.595. The minimum absolute atomic E-state index is 0.163. The van der Waals surface area contributed by atoms with Crippen LogP contribution in [0.3, 0.4) is 0 Å². The number of alkyl halides is 2. The fourth-order valence-electron chi connectivity index (χ4n) is 3.75. The third kappa shape index (κ3) is 3.86. The molecular weight excluding hydrogens is 353 g/mol. The number of nitrogens with zero attached hydrogens (tertiary/aromatic N) is 2. The molecule has 0 radical (unpaired) electrons. The summed E-state index contributed by atoms with van der Waals surface area (Å²) in [5.74, 6) is 0.345. The summed E-state index contributed by atoms with van der Waals surface area (Å²) in [4.78, 5) is 6.23. The highest BCUT2D eigenvalue weighted by Crippen LogP contribution is 2.32. The van der Waals surface area contributed by atoms with Gasteiger partial charge < -0.3 is 4.74 Å². The number of hydrogen-bond acceptors (Lipinski definition) is 3. The van der Waals surface area contributed by atoms with E-state index in [-0.39, 0.29) is 18.3 Å². The van der Waals surface area contributed by atoms with Gasteiger partial charge in [0.15, 0.2) is 0 Å². The van der Waals surface area contributed by atoms with Crippen molar-refractivity contribution >= 4 is 21.7 Å². The number of ether oxygens (including phenoxy) is 1. The van der Waals surface area contributed by atoms with Gasteiger partial charge in [-0.05, 0) is 49.4 Å². The van der Waals surface area contributed by atoms with Gasteiger partial charge in [0.1, 0.15) is 11.3 Å². The first-order chi connectivity index (χ1) is 13.1. The Kier molecular flexibility index (Phi) is 5.16. The molecule has 0 aliphatic carbocycles. The summed E-state index contributed by atoms with van der Waals surface area (Å²) < 4.78 is 45.2. The molecule has 6 heteroatoms. The van der Waals surface area contributed by atoms with Gasteiger partial charge in [-0.15, -0.1) is 0 Å². The van der Waals surface area contributed by atoms with E-state index >= 15 is 0 Å². The molecule has 0 N–H and O–H groups in total. The zero-order valence-corrected chi connectivity index (χ0v) is 14.9. The van der Waals surface area contributed by atoms with Gasteiger partial charge in [0.25, 0.3) is 6.43 Å². The normalized spacial score (nSPS) is 16.4. The van der Waals surface area contributed by atoms with Gasteiger partial charge >= 0.3 is 0 Å². The molecule has 142 valence electrons. The lowest BCUT2D eigenvalue weighted by Gasteiger charge is -2.31. The van der Waals surface area contributed by atoms with Crippen molar-refractivity contribution in [3.8, 4) is 5.88 Å². The Hall–Kier alpha value is -2.34. The van der Waals surface area contributed by atoms with Crippen LogP contribution in [-0.2, 0) is 0 Å². The molecule has 1 saturated heterocycles. The number of hydrogen-bond donors (Lipinski definition) is 0. The lowest BCUT2D eigenvalue weighted by molar-refractivity contribution is 0.0618. The lowest BCUT2D eigenvalue weighted by Crippen LogP contribution is -2.38. The van der Waals surface area contributed by atoms with Gasteiger partial charge in [0.05, 0.1) is 13.2 Å². The van der Waals surface area contributed by atoms with Crippen LogP contribution in [0.5, 0.6) is 5.88 Å². The number of fused-ring (bicyclic) bond motifs is 3. The third-order valence-electron chi connectivity index (χ3n) is 5.21. The monoisotopic (exact) mass is 374 g/mol. The van der Waals surface area contributed by atoms with Crippen molar-refractivity contribution in [3.63, 3.8) is 0 Å². The van der Waals surface area contributed by atoms with Gasteiger partial charge in [-0.25, -0.2) is 18.2 Å². The largest absolute Gasteiger partial charge is 0.477 e. The molecule has 0 spiro atoms. The molecule has 1 aliphatic rings. The summed E-state index contributed by atoms with van der Waals surface area (Å²) in [6.45, 7) is 1.60. The number of aromatic nitrogens is 1. The molecule has 1 aromatic heterocycles. The van der Waals surface area contributed by atoms with Gasteiger partial charge in [-0.3, -0.25) is 4.90 Å². The Morgan fingerprint density at radius 3 is 2.44 bits per heavy atom. The highest BCUT2D eigenvalue weighted by Gasteiger charge is 2.22. The van der Waals surface area contributed by atoms with Crippen LogP contribution >= 0.6 is 0 Å². The maximum absolute atomic E-state index is 14.3.